The van der Waals surface area contributed by atoms with Gasteiger partial charge in [0, 0.05) is 33.4 Å². The first-order chi connectivity index (χ1) is 15.3. The summed E-state index contributed by atoms with van der Waals surface area (Å²) in [5, 5.41) is 2.93. The predicted octanol–water partition coefficient (Wildman–Crippen LogP) is 7.12. The van der Waals surface area contributed by atoms with Gasteiger partial charge in [-0.3, -0.25) is 4.98 Å². The molecular formula is C24H20ClN3OS2. The van der Waals surface area contributed by atoms with Crippen molar-refractivity contribution in [2.45, 2.75) is 4.90 Å². The number of nitrogens with zero attached hydrogens (tertiary/aromatic N) is 2. The van der Waals surface area contributed by atoms with Gasteiger partial charge in [0.15, 0.2) is 0 Å². The minimum atomic E-state index is 0.687. The highest BCUT2D eigenvalue weighted by Gasteiger charge is 2.13. The molecule has 0 amide bonds. The zero-order valence-corrected chi connectivity index (χ0v) is 19.0. The number of rotatable bonds is 5. The van der Waals surface area contributed by atoms with Crippen molar-refractivity contribution in [1.29, 1.82) is 0 Å². The van der Waals surface area contributed by atoms with E-state index in [9.17, 15) is 0 Å². The molecule has 1 aliphatic rings. The standard InChI is InChI=1S/C24H20ClN3OS2/c25-23-10-5-18(15-22(23)24-21-4-2-1-3-17(21)11-12-26-24)27-31-20-8-6-19(7-9-20)28-13-14-29-16-30-28/h1-12,15,27H,13-14,16H2. The summed E-state index contributed by atoms with van der Waals surface area (Å²) in [5.74, 6) is 0.711. The number of benzene rings is 3. The van der Waals surface area contributed by atoms with Crippen LogP contribution in [-0.2, 0) is 4.74 Å². The third-order valence-corrected chi connectivity index (χ3v) is 7.19. The summed E-state index contributed by atoms with van der Waals surface area (Å²) in [5.41, 5.74) is 3.99. The molecule has 5 rings (SSSR count). The summed E-state index contributed by atoms with van der Waals surface area (Å²) in [6.45, 7) is 1.68. The van der Waals surface area contributed by atoms with Crippen molar-refractivity contribution in [3.63, 3.8) is 0 Å². The van der Waals surface area contributed by atoms with Gasteiger partial charge in [-0.25, -0.2) is 0 Å². The van der Waals surface area contributed by atoms with Gasteiger partial charge in [0.05, 0.1) is 23.9 Å². The molecule has 0 bridgehead atoms. The minimum Gasteiger partial charge on any atom is -0.367 e. The Bertz CT molecular complexity index is 1190. The fourth-order valence-corrected chi connectivity index (χ4v) is 5.11. The molecule has 1 aliphatic heterocycles. The molecule has 0 radical (unpaired) electrons. The molecular weight excluding hydrogens is 446 g/mol. The smallest absolute Gasteiger partial charge is 0.112 e. The third kappa shape index (κ3) is 4.62. The van der Waals surface area contributed by atoms with Crippen LogP contribution in [0.4, 0.5) is 11.4 Å². The first-order valence-electron chi connectivity index (χ1n) is 9.93. The Labute approximate surface area is 195 Å². The quantitative estimate of drug-likeness (QED) is 0.316. The van der Waals surface area contributed by atoms with Crippen molar-refractivity contribution in [2.24, 2.45) is 0 Å². The second-order valence-corrected chi connectivity index (χ2v) is 9.25. The number of anilines is 2. The van der Waals surface area contributed by atoms with Crippen LogP contribution < -0.4 is 9.03 Å². The van der Waals surface area contributed by atoms with Crippen molar-refractivity contribution in [3.05, 3.63) is 84.0 Å². The number of halogens is 1. The monoisotopic (exact) mass is 465 g/mol. The number of fused-ring (bicyclic) bond motifs is 1. The number of hydrogen-bond acceptors (Lipinski definition) is 6. The second-order valence-electron chi connectivity index (χ2n) is 7.03. The van der Waals surface area contributed by atoms with E-state index in [0.717, 1.165) is 45.8 Å². The molecule has 1 saturated heterocycles. The molecule has 31 heavy (non-hydrogen) atoms. The van der Waals surface area contributed by atoms with Crippen LogP contribution in [0.3, 0.4) is 0 Å². The maximum atomic E-state index is 6.55. The number of aromatic nitrogens is 1. The SMILES string of the molecule is Clc1ccc(NSc2ccc(N3CCOCS3)cc2)cc1-c1nccc2ccccc12. The van der Waals surface area contributed by atoms with E-state index < -0.39 is 0 Å². The van der Waals surface area contributed by atoms with Gasteiger partial charge in [-0.05, 0) is 77.8 Å². The van der Waals surface area contributed by atoms with Crippen molar-refractivity contribution in [2.75, 3.05) is 28.1 Å². The summed E-state index contributed by atoms with van der Waals surface area (Å²) >= 11 is 9.83. The van der Waals surface area contributed by atoms with Crippen LogP contribution >= 0.6 is 35.5 Å². The summed E-state index contributed by atoms with van der Waals surface area (Å²) in [6.07, 6.45) is 1.83. The molecule has 1 N–H and O–H groups in total. The topological polar surface area (TPSA) is 37.4 Å². The van der Waals surface area contributed by atoms with Crippen LogP contribution in [0.25, 0.3) is 22.0 Å². The Balaban J connectivity index is 1.34. The van der Waals surface area contributed by atoms with Gasteiger partial charge in [0.1, 0.15) is 5.94 Å². The van der Waals surface area contributed by atoms with E-state index >= 15 is 0 Å². The maximum Gasteiger partial charge on any atom is 0.112 e. The van der Waals surface area contributed by atoms with E-state index in [1.165, 1.54) is 5.69 Å². The Hall–Kier alpha value is -2.38. The average Bonchev–Trinajstić information content (AvgIpc) is 2.84. The van der Waals surface area contributed by atoms with Gasteiger partial charge in [-0.2, -0.15) is 0 Å². The first-order valence-corrected chi connectivity index (χ1v) is 12.1. The van der Waals surface area contributed by atoms with Crippen molar-refractivity contribution >= 4 is 57.6 Å². The predicted molar refractivity (Wildman–Crippen MR) is 134 cm³/mol. The fourth-order valence-electron chi connectivity index (χ4n) is 3.48. The molecule has 7 heteroatoms. The summed E-state index contributed by atoms with van der Waals surface area (Å²) in [6, 6.07) is 24.8. The first kappa shape index (κ1) is 20.5. The minimum absolute atomic E-state index is 0.687. The van der Waals surface area contributed by atoms with Crippen LogP contribution in [0.15, 0.2) is 83.9 Å². The van der Waals surface area contributed by atoms with E-state index in [1.54, 1.807) is 23.9 Å². The maximum absolute atomic E-state index is 6.55. The molecule has 2 heterocycles. The summed E-state index contributed by atoms with van der Waals surface area (Å²) in [4.78, 5) is 5.76. The van der Waals surface area contributed by atoms with E-state index in [2.05, 4.69) is 56.5 Å². The molecule has 3 aromatic carbocycles. The molecule has 0 unspecified atom stereocenters. The average molecular weight is 466 g/mol. The van der Waals surface area contributed by atoms with E-state index in [-0.39, 0.29) is 0 Å². The van der Waals surface area contributed by atoms with Gasteiger partial charge in [0.2, 0.25) is 0 Å². The van der Waals surface area contributed by atoms with Gasteiger partial charge < -0.3 is 13.8 Å². The van der Waals surface area contributed by atoms with Gasteiger partial charge in [-0.15, -0.1) is 0 Å². The molecule has 0 spiro atoms. The molecule has 4 aromatic rings. The highest BCUT2D eigenvalue weighted by molar-refractivity contribution is 8.00. The van der Waals surface area contributed by atoms with E-state index in [0.29, 0.717) is 11.0 Å². The lowest BCUT2D eigenvalue weighted by atomic mass is 10.0. The van der Waals surface area contributed by atoms with Crippen molar-refractivity contribution in [3.8, 4) is 11.3 Å². The molecule has 4 nitrogen and oxygen atoms in total. The van der Waals surface area contributed by atoms with Crippen molar-refractivity contribution < 1.29 is 4.74 Å². The zero-order chi connectivity index (χ0) is 21.0. The van der Waals surface area contributed by atoms with Crippen LogP contribution in [0, 0.1) is 0 Å². The molecule has 156 valence electrons. The second kappa shape index (κ2) is 9.40. The Kier molecular flexibility index (Phi) is 6.22. The van der Waals surface area contributed by atoms with Crippen LogP contribution in [0.1, 0.15) is 0 Å². The number of pyridine rings is 1. The van der Waals surface area contributed by atoms with Crippen LogP contribution in [-0.4, -0.2) is 24.1 Å². The Morgan fingerprint density at radius 1 is 1.03 bits per heavy atom. The molecule has 0 saturated carbocycles. The van der Waals surface area contributed by atoms with E-state index in [1.807, 2.05) is 36.5 Å². The summed E-state index contributed by atoms with van der Waals surface area (Å²) < 4.78 is 11.1. The molecule has 1 fully saturated rings. The lowest BCUT2D eigenvalue weighted by Crippen LogP contribution is -2.26. The lowest BCUT2D eigenvalue weighted by Gasteiger charge is -2.27. The highest BCUT2D eigenvalue weighted by atomic mass is 35.5. The van der Waals surface area contributed by atoms with Crippen LogP contribution in [0.5, 0.6) is 0 Å². The van der Waals surface area contributed by atoms with Crippen molar-refractivity contribution in [1.82, 2.24) is 4.98 Å². The fraction of sp³-hybridized carbons (Fsp3) is 0.125. The van der Waals surface area contributed by atoms with Crippen LogP contribution in [0.2, 0.25) is 5.02 Å². The van der Waals surface area contributed by atoms with Gasteiger partial charge in [0.25, 0.3) is 0 Å². The highest BCUT2D eigenvalue weighted by Crippen LogP contribution is 2.35. The number of nitrogens with one attached hydrogen (secondary N) is 1. The summed E-state index contributed by atoms with van der Waals surface area (Å²) in [7, 11) is 0. The van der Waals surface area contributed by atoms with Gasteiger partial charge >= 0.3 is 0 Å². The zero-order valence-electron chi connectivity index (χ0n) is 16.6. The Morgan fingerprint density at radius 2 is 1.90 bits per heavy atom. The molecule has 0 aliphatic carbocycles. The Morgan fingerprint density at radius 3 is 2.74 bits per heavy atom. The largest absolute Gasteiger partial charge is 0.367 e. The normalized spacial score (nSPS) is 14.0. The van der Waals surface area contributed by atoms with E-state index in [4.69, 9.17) is 16.3 Å². The van der Waals surface area contributed by atoms with Gasteiger partial charge in [-0.1, -0.05) is 35.9 Å². The number of hydrogen-bond donors (Lipinski definition) is 1. The number of ether oxygens (including phenoxy) is 1. The molecule has 1 aromatic heterocycles. The third-order valence-electron chi connectivity index (χ3n) is 5.04. The molecule has 0 atom stereocenters. The lowest BCUT2D eigenvalue weighted by molar-refractivity contribution is 0.184.